The van der Waals surface area contributed by atoms with Gasteiger partial charge in [0, 0.05) is 22.9 Å². The van der Waals surface area contributed by atoms with Crippen molar-refractivity contribution in [3.8, 4) is 5.75 Å². The van der Waals surface area contributed by atoms with E-state index in [-0.39, 0.29) is 0 Å². The van der Waals surface area contributed by atoms with E-state index in [4.69, 9.17) is 4.74 Å². The van der Waals surface area contributed by atoms with Crippen molar-refractivity contribution in [1.82, 2.24) is 0 Å². The normalized spacial score (nSPS) is 21.6. The van der Waals surface area contributed by atoms with E-state index in [0.29, 0.717) is 24.5 Å². The SMILES string of the molecule is CSc1ccc(C2Nc3ccc(OCCc4ccccc4)cc3C3C=CCC32)cc1. The molecule has 0 saturated heterocycles. The Balaban J connectivity index is 1.34. The standard InChI is InChI=1S/C27H27NOS/c1-30-22-13-10-20(11-14-22)27-24-9-5-8-23(24)25-18-21(12-15-26(25)28-27)29-17-16-19-6-3-2-4-7-19/h2-8,10-15,18,23-24,27-28H,9,16-17H2,1H3. The van der Waals surface area contributed by atoms with Gasteiger partial charge in [0.25, 0.3) is 0 Å². The molecule has 5 rings (SSSR count). The Hall–Kier alpha value is -2.65. The van der Waals surface area contributed by atoms with Gasteiger partial charge in [0.15, 0.2) is 0 Å². The summed E-state index contributed by atoms with van der Waals surface area (Å²) < 4.78 is 6.11. The zero-order valence-electron chi connectivity index (χ0n) is 17.3. The molecule has 0 radical (unpaired) electrons. The smallest absolute Gasteiger partial charge is 0.119 e. The molecule has 3 aromatic rings. The van der Waals surface area contributed by atoms with Gasteiger partial charge in [-0.2, -0.15) is 0 Å². The van der Waals surface area contributed by atoms with Crippen LogP contribution in [-0.2, 0) is 6.42 Å². The van der Waals surface area contributed by atoms with Crippen LogP contribution in [0.5, 0.6) is 5.75 Å². The van der Waals surface area contributed by atoms with Crippen LogP contribution in [0, 0.1) is 5.92 Å². The van der Waals surface area contributed by atoms with Gasteiger partial charge in [-0.1, -0.05) is 54.6 Å². The molecule has 3 heteroatoms. The fourth-order valence-electron chi connectivity index (χ4n) is 4.73. The van der Waals surface area contributed by atoms with Gasteiger partial charge >= 0.3 is 0 Å². The maximum atomic E-state index is 6.11. The highest BCUT2D eigenvalue weighted by Gasteiger charge is 2.38. The predicted octanol–water partition coefficient (Wildman–Crippen LogP) is 6.86. The lowest BCUT2D eigenvalue weighted by Crippen LogP contribution is -2.29. The third-order valence-electron chi connectivity index (χ3n) is 6.31. The molecule has 1 aliphatic heterocycles. The summed E-state index contributed by atoms with van der Waals surface area (Å²) in [5.74, 6) is 1.97. The van der Waals surface area contributed by atoms with E-state index in [9.17, 15) is 0 Å². The fourth-order valence-corrected chi connectivity index (χ4v) is 5.14. The number of hydrogen-bond donors (Lipinski definition) is 1. The summed E-state index contributed by atoms with van der Waals surface area (Å²) in [7, 11) is 0. The van der Waals surface area contributed by atoms with Gasteiger partial charge in [0.2, 0.25) is 0 Å². The first kappa shape index (κ1) is 19.3. The number of fused-ring (bicyclic) bond motifs is 3. The lowest BCUT2D eigenvalue weighted by molar-refractivity contribution is 0.320. The van der Waals surface area contributed by atoms with Crippen molar-refractivity contribution in [2.75, 3.05) is 18.2 Å². The molecule has 2 nitrogen and oxygen atoms in total. The van der Waals surface area contributed by atoms with Crippen molar-refractivity contribution in [2.24, 2.45) is 5.92 Å². The maximum absolute atomic E-state index is 6.11. The van der Waals surface area contributed by atoms with Crippen LogP contribution < -0.4 is 10.1 Å². The minimum absolute atomic E-state index is 0.346. The summed E-state index contributed by atoms with van der Waals surface area (Å²) in [6.07, 6.45) is 8.90. The van der Waals surface area contributed by atoms with Crippen molar-refractivity contribution in [1.29, 1.82) is 0 Å². The van der Waals surface area contributed by atoms with Crippen LogP contribution >= 0.6 is 11.8 Å². The molecule has 3 atom stereocenters. The predicted molar refractivity (Wildman–Crippen MR) is 127 cm³/mol. The Morgan fingerprint density at radius 1 is 1.00 bits per heavy atom. The second kappa shape index (κ2) is 8.61. The van der Waals surface area contributed by atoms with Gasteiger partial charge in [-0.15, -0.1) is 11.8 Å². The molecule has 0 fully saturated rings. The number of hydrogen-bond acceptors (Lipinski definition) is 3. The molecule has 0 bridgehead atoms. The van der Waals surface area contributed by atoms with Crippen LogP contribution in [0.15, 0.2) is 89.8 Å². The summed E-state index contributed by atoms with van der Waals surface area (Å²) in [6, 6.07) is 26.4. The molecule has 3 unspecified atom stereocenters. The molecule has 1 N–H and O–H groups in total. The van der Waals surface area contributed by atoms with Crippen molar-refractivity contribution in [2.45, 2.75) is 29.7 Å². The van der Waals surface area contributed by atoms with Crippen LogP contribution in [0.3, 0.4) is 0 Å². The summed E-state index contributed by atoms with van der Waals surface area (Å²) in [6.45, 7) is 0.699. The first-order valence-electron chi connectivity index (χ1n) is 10.7. The molecule has 0 spiro atoms. The third kappa shape index (κ3) is 3.87. The summed E-state index contributed by atoms with van der Waals surface area (Å²) in [5, 5.41) is 3.83. The molecule has 0 saturated carbocycles. The first-order valence-corrected chi connectivity index (χ1v) is 11.9. The fraction of sp³-hybridized carbons (Fsp3) is 0.259. The van der Waals surface area contributed by atoms with E-state index in [1.165, 1.54) is 27.3 Å². The van der Waals surface area contributed by atoms with Crippen LogP contribution in [0.4, 0.5) is 5.69 Å². The van der Waals surface area contributed by atoms with E-state index in [0.717, 1.165) is 18.6 Å². The van der Waals surface area contributed by atoms with Gasteiger partial charge in [0.05, 0.1) is 12.6 Å². The van der Waals surface area contributed by atoms with E-state index >= 15 is 0 Å². The van der Waals surface area contributed by atoms with Gasteiger partial charge in [-0.25, -0.2) is 0 Å². The average Bonchev–Trinajstić information content (AvgIpc) is 3.30. The third-order valence-corrected chi connectivity index (χ3v) is 7.06. The number of ether oxygens (including phenoxy) is 1. The Labute approximate surface area is 183 Å². The van der Waals surface area contributed by atoms with Crippen molar-refractivity contribution < 1.29 is 4.74 Å². The molecule has 2 aliphatic rings. The van der Waals surface area contributed by atoms with E-state index in [1.54, 1.807) is 11.8 Å². The van der Waals surface area contributed by atoms with Crippen molar-refractivity contribution >= 4 is 17.4 Å². The number of benzene rings is 3. The molecule has 152 valence electrons. The van der Waals surface area contributed by atoms with Crippen molar-refractivity contribution in [3.05, 3.63) is 102 Å². The second-order valence-corrected chi connectivity index (χ2v) is 8.96. The van der Waals surface area contributed by atoms with Gasteiger partial charge in [-0.05, 0) is 65.6 Å². The highest BCUT2D eigenvalue weighted by Crippen LogP contribution is 2.50. The average molecular weight is 414 g/mol. The lowest BCUT2D eigenvalue weighted by Gasteiger charge is -2.37. The van der Waals surface area contributed by atoms with Gasteiger partial charge in [-0.3, -0.25) is 0 Å². The minimum Gasteiger partial charge on any atom is -0.493 e. The monoisotopic (exact) mass is 413 g/mol. The second-order valence-electron chi connectivity index (χ2n) is 8.08. The number of nitrogens with one attached hydrogen (secondary N) is 1. The highest BCUT2D eigenvalue weighted by molar-refractivity contribution is 7.98. The Morgan fingerprint density at radius 2 is 1.83 bits per heavy atom. The minimum atomic E-state index is 0.346. The number of anilines is 1. The highest BCUT2D eigenvalue weighted by atomic mass is 32.2. The van der Waals surface area contributed by atoms with Crippen LogP contribution in [-0.4, -0.2) is 12.9 Å². The Bertz CT molecular complexity index is 1030. The quantitative estimate of drug-likeness (QED) is 0.352. The van der Waals surface area contributed by atoms with E-state index in [1.807, 2.05) is 0 Å². The van der Waals surface area contributed by atoms with Gasteiger partial charge < -0.3 is 10.1 Å². The summed E-state index contributed by atoms with van der Waals surface area (Å²) in [5.41, 5.74) is 5.28. The van der Waals surface area contributed by atoms with Crippen LogP contribution in [0.2, 0.25) is 0 Å². The summed E-state index contributed by atoms with van der Waals surface area (Å²) >= 11 is 1.79. The lowest BCUT2D eigenvalue weighted by atomic mass is 9.77. The number of rotatable bonds is 6. The van der Waals surface area contributed by atoms with Crippen LogP contribution in [0.1, 0.15) is 35.1 Å². The topological polar surface area (TPSA) is 21.3 Å². The Kier molecular flexibility index (Phi) is 5.54. The zero-order chi connectivity index (χ0) is 20.3. The molecular formula is C27H27NOS. The van der Waals surface area contributed by atoms with E-state index < -0.39 is 0 Å². The molecule has 0 aromatic heterocycles. The molecule has 30 heavy (non-hydrogen) atoms. The maximum Gasteiger partial charge on any atom is 0.119 e. The number of allylic oxidation sites excluding steroid dienone is 2. The zero-order valence-corrected chi connectivity index (χ0v) is 18.1. The first-order chi connectivity index (χ1) is 14.8. The summed E-state index contributed by atoms with van der Waals surface area (Å²) in [4.78, 5) is 1.31. The van der Waals surface area contributed by atoms with Crippen LogP contribution in [0.25, 0.3) is 0 Å². The Morgan fingerprint density at radius 3 is 2.63 bits per heavy atom. The largest absolute Gasteiger partial charge is 0.493 e. The van der Waals surface area contributed by atoms with Gasteiger partial charge in [0.1, 0.15) is 5.75 Å². The molecule has 1 heterocycles. The molecule has 0 amide bonds. The number of thioether (sulfide) groups is 1. The molecular weight excluding hydrogens is 386 g/mol. The molecule has 1 aliphatic carbocycles. The molecule has 3 aromatic carbocycles. The van der Waals surface area contributed by atoms with E-state index in [2.05, 4.69) is 96.5 Å². The van der Waals surface area contributed by atoms with Crippen molar-refractivity contribution in [3.63, 3.8) is 0 Å².